The molecule has 12 rings (SSSR count). The van der Waals surface area contributed by atoms with Gasteiger partial charge < -0.3 is 19.9 Å². The second kappa shape index (κ2) is 24.4. The minimum absolute atomic E-state index is 0. The number of nitrogens with zero attached hydrogens (tertiary/aromatic N) is 4. The molecule has 6 nitrogen and oxygen atoms in total. The molecule has 0 unspecified atom stereocenters. The molecule has 16 heteroatoms. The Bertz CT molecular complexity index is 3710. The van der Waals surface area contributed by atoms with E-state index in [4.69, 9.17) is 23.2 Å². The van der Waals surface area contributed by atoms with Crippen LogP contribution in [-0.2, 0) is 20.1 Å². The summed E-state index contributed by atoms with van der Waals surface area (Å²) in [6, 6.07) is 65.2. The van der Waals surface area contributed by atoms with Crippen molar-refractivity contribution in [2.24, 2.45) is 0 Å². The van der Waals surface area contributed by atoms with Gasteiger partial charge in [0.15, 0.2) is 11.6 Å². The van der Waals surface area contributed by atoms with Gasteiger partial charge in [-0.3, -0.25) is 0 Å². The molecule has 2 N–H and O–H groups in total. The van der Waals surface area contributed by atoms with Crippen LogP contribution in [0.3, 0.4) is 0 Å². The molecule has 8 aromatic carbocycles. The minimum atomic E-state index is -10.7. The number of aromatic nitrogens is 6. The first-order valence-electron chi connectivity index (χ1n) is 24.5. The normalized spacial score (nSPS) is 11.8. The predicted octanol–water partition coefficient (Wildman–Crippen LogP) is 20.5. The van der Waals surface area contributed by atoms with Crippen molar-refractivity contribution in [3.63, 3.8) is 0 Å². The van der Waals surface area contributed by atoms with Gasteiger partial charge in [0, 0.05) is 12.4 Å². The number of pyridine rings is 2. The summed E-state index contributed by atoms with van der Waals surface area (Å²) in [7, 11) is -10.7. The Morgan fingerprint density at radius 2 is 0.785 bits per heavy atom. The standard InChI is InChI=1S/2C24H20N.C14H10N4.CH2Cl2.F6P.Ir/c2*1-16-13-17(2)24(18(3)14-16)20-11-12-25-23(15-20)22-10-6-8-19-7-4-5-9-21(19)22;1-2-6-10-9(5-1)15-13(16-10)14-17-11-7-3-4-8-12(11)18-14;2-1-3;1-7(2,3,4,5)6;/h2*4-9,11-15H,1-3H3;1-8H,(H,15,16)(H,17,18);1H2;;/q2*-1;;;-1;+3. The van der Waals surface area contributed by atoms with Crippen molar-refractivity contribution in [2.45, 2.75) is 41.5 Å². The van der Waals surface area contributed by atoms with Crippen LogP contribution in [0.5, 0.6) is 0 Å². The molecule has 4 aromatic heterocycles. The van der Waals surface area contributed by atoms with E-state index < -0.39 is 7.81 Å². The van der Waals surface area contributed by atoms with Crippen molar-refractivity contribution in [1.82, 2.24) is 29.9 Å². The fourth-order valence-electron chi connectivity index (χ4n) is 9.60. The summed E-state index contributed by atoms with van der Waals surface area (Å²) >= 11 is 9.53. The number of imidazole rings is 2. The molecule has 0 fully saturated rings. The monoisotopic (exact) mass is 1300 g/mol. The van der Waals surface area contributed by atoms with Gasteiger partial charge in [-0.15, -0.1) is 81.5 Å². The molecule has 0 aliphatic heterocycles. The molecular weight excluding hydrogens is 1250 g/mol. The van der Waals surface area contributed by atoms with Crippen LogP contribution >= 0.6 is 31.0 Å². The average Bonchev–Trinajstić information content (AvgIpc) is 4.04. The van der Waals surface area contributed by atoms with Crippen molar-refractivity contribution < 1.29 is 45.3 Å². The van der Waals surface area contributed by atoms with E-state index in [2.05, 4.69) is 193 Å². The third-order valence-electron chi connectivity index (χ3n) is 12.4. The molecule has 4 heterocycles. The molecule has 0 saturated carbocycles. The molecule has 0 amide bonds. The first kappa shape index (κ1) is 59.4. The molecule has 0 bridgehead atoms. The van der Waals surface area contributed by atoms with Crippen LogP contribution in [0, 0.1) is 53.7 Å². The van der Waals surface area contributed by atoms with Gasteiger partial charge in [0.25, 0.3) is 0 Å². The number of aryl methyl sites for hydroxylation is 6. The Kier molecular flexibility index (Phi) is 18.4. The first-order chi connectivity index (χ1) is 37.0. The fraction of sp³-hybridized carbons (Fsp3) is 0.111. The van der Waals surface area contributed by atoms with Gasteiger partial charge in [0.05, 0.1) is 27.4 Å². The second-order valence-electron chi connectivity index (χ2n) is 18.6. The Morgan fingerprint density at radius 3 is 1.14 bits per heavy atom. The van der Waals surface area contributed by atoms with Crippen molar-refractivity contribution in [3.8, 4) is 56.4 Å². The molecule has 0 atom stereocenters. The molecular formula is C63H52Cl2F6IrN6P. The zero-order valence-corrected chi connectivity index (χ0v) is 48.4. The maximum Gasteiger partial charge on any atom is 3.00 e. The third-order valence-corrected chi connectivity index (χ3v) is 12.4. The number of hydrogen-bond acceptors (Lipinski definition) is 4. The molecule has 0 aliphatic rings. The number of rotatable bonds is 5. The van der Waals surface area contributed by atoms with Crippen LogP contribution in [-0.4, -0.2) is 35.2 Å². The van der Waals surface area contributed by atoms with E-state index in [1.165, 1.54) is 77.2 Å². The number of nitrogens with one attached hydrogen (secondary N) is 2. The van der Waals surface area contributed by atoms with Gasteiger partial charge in [0.2, 0.25) is 0 Å². The zero-order chi connectivity index (χ0) is 55.8. The molecule has 0 radical (unpaired) electrons. The van der Waals surface area contributed by atoms with E-state index in [1.807, 2.05) is 73.1 Å². The summed E-state index contributed by atoms with van der Waals surface area (Å²) in [5.74, 6) is 1.54. The summed E-state index contributed by atoms with van der Waals surface area (Å²) in [5.41, 5.74) is 20.8. The van der Waals surface area contributed by atoms with Gasteiger partial charge >= 0.3 is 53.1 Å². The molecule has 0 saturated heterocycles. The molecule has 0 spiro atoms. The number of para-hydroxylation sites is 4. The Balaban J connectivity index is 0.000000158. The SMILES string of the molecule is Cc1cc(C)c(-c2ccnc(-c3[c-]ccc4ccccc34)c2)c(C)c1.Cc1cc(C)c(-c2ccnc(-c3[c-]ccc4ccccc34)c2)c(C)c1.ClCCl.F[P-](F)(F)(F)(F)F.[Ir+3].c1ccc2[nH]c(-c3nc4ccccc4[nH]3)nc2c1. The number of H-pyrrole nitrogens is 2. The van der Waals surface area contributed by atoms with Crippen LogP contribution in [0.1, 0.15) is 33.4 Å². The van der Waals surface area contributed by atoms with E-state index in [0.29, 0.717) is 0 Å². The molecule has 79 heavy (non-hydrogen) atoms. The predicted molar refractivity (Wildman–Crippen MR) is 313 cm³/mol. The van der Waals surface area contributed by atoms with E-state index in [0.717, 1.165) is 56.2 Å². The van der Waals surface area contributed by atoms with Crippen LogP contribution in [0.15, 0.2) is 182 Å². The number of benzene rings is 8. The maximum atomic E-state index is 9.87. The van der Waals surface area contributed by atoms with Crippen molar-refractivity contribution in [3.05, 3.63) is 228 Å². The molecule has 12 aromatic rings. The smallest absolute Gasteiger partial charge is 0.335 e. The number of fused-ring (bicyclic) bond motifs is 4. The van der Waals surface area contributed by atoms with Crippen molar-refractivity contribution in [1.29, 1.82) is 0 Å². The zero-order valence-electron chi connectivity index (χ0n) is 43.6. The summed E-state index contributed by atoms with van der Waals surface area (Å²) < 4.78 is 59.2. The van der Waals surface area contributed by atoms with Gasteiger partial charge in [-0.2, -0.15) is 0 Å². The van der Waals surface area contributed by atoms with Crippen molar-refractivity contribution in [2.75, 3.05) is 5.34 Å². The Morgan fingerprint density at radius 1 is 0.456 bits per heavy atom. The van der Waals surface area contributed by atoms with E-state index >= 15 is 0 Å². The summed E-state index contributed by atoms with van der Waals surface area (Å²) in [6.45, 7) is 13.0. The van der Waals surface area contributed by atoms with Crippen LogP contribution < -0.4 is 0 Å². The minimum Gasteiger partial charge on any atom is -0.335 e. The number of alkyl halides is 2. The van der Waals surface area contributed by atoms with Gasteiger partial charge in [-0.1, -0.05) is 131 Å². The first-order valence-corrected chi connectivity index (χ1v) is 27.6. The summed E-state index contributed by atoms with van der Waals surface area (Å²) in [4.78, 5) is 24.9. The summed E-state index contributed by atoms with van der Waals surface area (Å²) in [6.07, 6.45) is 3.80. The number of halogens is 8. The van der Waals surface area contributed by atoms with Crippen LogP contribution in [0.2, 0.25) is 0 Å². The van der Waals surface area contributed by atoms with Crippen LogP contribution in [0.25, 0.3) is 100 Å². The third kappa shape index (κ3) is 16.0. The topological polar surface area (TPSA) is 83.1 Å². The maximum absolute atomic E-state index is 10.7. The number of hydrogen-bond donors (Lipinski definition) is 2. The van der Waals surface area contributed by atoms with Gasteiger partial charge in [-0.05, 0) is 134 Å². The summed E-state index contributed by atoms with van der Waals surface area (Å²) in [5, 5.41) is 5.00. The van der Waals surface area contributed by atoms with E-state index in [9.17, 15) is 25.2 Å². The fourth-order valence-corrected chi connectivity index (χ4v) is 9.60. The molecule has 0 aliphatic carbocycles. The Labute approximate surface area is 477 Å². The molecule has 404 valence electrons. The van der Waals surface area contributed by atoms with E-state index in [-0.39, 0.29) is 25.4 Å². The van der Waals surface area contributed by atoms with E-state index in [1.54, 1.807) is 0 Å². The second-order valence-corrected chi connectivity index (χ2v) is 21.3. The number of aromatic amines is 2. The van der Waals surface area contributed by atoms with Crippen molar-refractivity contribution >= 4 is 74.6 Å². The quantitative estimate of drug-likeness (QED) is 0.0778. The Hall–Kier alpha value is -7.24. The van der Waals surface area contributed by atoms with Gasteiger partial charge in [0.1, 0.15) is 0 Å². The largest absolute Gasteiger partial charge is 3.00 e. The van der Waals surface area contributed by atoms with Gasteiger partial charge in [-0.25, -0.2) is 9.97 Å². The van der Waals surface area contributed by atoms with Crippen LogP contribution in [0.4, 0.5) is 25.2 Å². The average molecular weight is 1300 g/mol.